The van der Waals surface area contributed by atoms with Crippen LogP contribution in [0.25, 0.3) is 0 Å². The van der Waals surface area contributed by atoms with Crippen LogP contribution in [0.3, 0.4) is 0 Å². The highest BCUT2D eigenvalue weighted by atomic mass is 32.2. The Kier molecular flexibility index (Phi) is 2.65. The van der Waals surface area contributed by atoms with E-state index < -0.39 is 48.8 Å². The summed E-state index contributed by atoms with van der Waals surface area (Å²) in [7, 11) is 0. The van der Waals surface area contributed by atoms with Crippen LogP contribution >= 0.6 is 22.7 Å². The molecule has 0 atom stereocenters. The van der Waals surface area contributed by atoms with E-state index in [1.54, 1.807) is 0 Å². The number of hydrogen-bond donors (Lipinski definition) is 0. The van der Waals surface area contributed by atoms with Gasteiger partial charge in [-0.05, 0) is 0 Å². The Morgan fingerprint density at radius 1 is 0.786 bits per heavy atom. The van der Waals surface area contributed by atoms with E-state index in [9.17, 15) is 31.1 Å². The highest BCUT2D eigenvalue weighted by Crippen LogP contribution is 2.43. The third-order valence-corrected chi connectivity index (χ3v) is 3.33. The average Bonchev–Trinajstić information content (AvgIpc) is 2.27. The zero-order chi connectivity index (χ0) is 11.1. The van der Waals surface area contributed by atoms with Gasteiger partial charge in [0, 0.05) is 0 Å². The van der Waals surface area contributed by atoms with Gasteiger partial charge < -0.3 is 0 Å². The molecule has 0 saturated heterocycles. The molecule has 0 radical (unpaired) electrons. The van der Waals surface area contributed by atoms with Gasteiger partial charge in [-0.15, -0.1) is 0 Å². The molecule has 0 aliphatic rings. The molecule has 0 N–H and O–H groups in total. The molecule has 14 heavy (non-hydrogen) atoms. The Labute approximate surface area is 80.6 Å². The molecule has 0 fully saturated rings. The van der Waals surface area contributed by atoms with E-state index in [0.717, 1.165) is 0 Å². The molecule has 0 amide bonds. The van der Waals surface area contributed by atoms with Gasteiger partial charge in [0.2, 0.25) is 0 Å². The van der Waals surface area contributed by atoms with Crippen LogP contribution < -0.4 is 4.06 Å². The van der Waals surface area contributed by atoms with Crippen molar-refractivity contribution in [3.8, 4) is 0 Å². The van der Waals surface area contributed by atoms with Gasteiger partial charge in [0.15, 0.2) is 0 Å². The van der Waals surface area contributed by atoms with Crippen molar-refractivity contribution >= 4 is 22.7 Å². The Hall–Kier alpha value is -0.570. The first-order chi connectivity index (χ1) is 6.12. The fraction of sp³-hybridized carbons (Fsp3) is 0.400. The van der Waals surface area contributed by atoms with Crippen molar-refractivity contribution in [1.82, 2.24) is 0 Å². The van der Waals surface area contributed by atoms with Gasteiger partial charge in [-0.2, -0.15) is 26.3 Å². The van der Waals surface area contributed by atoms with E-state index in [4.69, 9.17) is 0 Å². The van der Waals surface area contributed by atoms with E-state index >= 15 is 0 Å². The summed E-state index contributed by atoms with van der Waals surface area (Å²) in [5, 5.41) is 0. The van der Waals surface area contributed by atoms with Crippen LogP contribution in [0.1, 0.15) is 9.75 Å². The summed E-state index contributed by atoms with van der Waals surface area (Å²) in [5.41, 5.74) is 0. The van der Waals surface area contributed by atoms with E-state index in [-0.39, 0.29) is 0 Å². The molecular weight excluding hydrogens is 254 g/mol. The van der Waals surface area contributed by atoms with Gasteiger partial charge in [0.1, 0.15) is 9.75 Å². The second-order valence-electron chi connectivity index (χ2n) is 2.11. The summed E-state index contributed by atoms with van der Waals surface area (Å²) in [5.74, 6) is 0. The van der Waals surface area contributed by atoms with Crippen molar-refractivity contribution in [3.05, 3.63) is 18.6 Å². The maximum absolute atomic E-state index is 12.0. The van der Waals surface area contributed by atoms with Gasteiger partial charge in [0.25, 0.3) is 4.06 Å². The van der Waals surface area contributed by atoms with Gasteiger partial charge in [0.05, 0.1) is 0 Å². The predicted octanol–water partition coefficient (Wildman–Crippen LogP) is 3.21. The Balaban J connectivity index is 3.38. The lowest BCUT2D eigenvalue weighted by molar-refractivity contribution is -0.157. The quantitative estimate of drug-likeness (QED) is 0.650. The van der Waals surface area contributed by atoms with Crippen molar-refractivity contribution in [2.75, 3.05) is 0 Å². The topological polar surface area (TPSA) is 17.1 Å². The molecule has 0 aromatic carbocycles. The van der Waals surface area contributed by atoms with Gasteiger partial charge in [-0.25, -0.2) is 0 Å². The summed E-state index contributed by atoms with van der Waals surface area (Å²) in [6.45, 7) is 0. The zero-order valence-corrected chi connectivity index (χ0v) is 7.63. The third-order valence-electron chi connectivity index (χ3n) is 1.09. The van der Waals surface area contributed by atoms with Crippen LogP contribution in [-0.2, 0) is 12.4 Å². The van der Waals surface area contributed by atoms with Crippen LogP contribution in [0.4, 0.5) is 26.3 Å². The molecule has 0 unspecified atom stereocenters. The summed E-state index contributed by atoms with van der Waals surface area (Å²) < 4.78 is 70.6. The second kappa shape index (κ2) is 3.23. The predicted molar refractivity (Wildman–Crippen MR) is 38.5 cm³/mol. The zero-order valence-electron chi connectivity index (χ0n) is 5.99. The van der Waals surface area contributed by atoms with E-state index in [0.29, 0.717) is 0 Å². The monoisotopic (exact) mass is 254 g/mol. The molecule has 9 heteroatoms. The molecule has 1 nitrogen and oxygen atoms in total. The third kappa shape index (κ3) is 2.27. The minimum absolute atomic E-state index is 0.434. The van der Waals surface area contributed by atoms with Gasteiger partial charge >= 0.3 is 12.4 Å². The molecule has 1 rings (SSSR count). The summed E-state index contributed by atoms with van der Waals surface area (Å²) in [6.07, 6.45) is -10.3. The average molecular weight is 254 g/mol. The lowest BCUT2D eigenvalue weighted by Gasteiger charge is -2.08. The lowest BCUT2D eigenvalue weighted by atomic mass is 10.4. The molecule has 0 aliphatic heterocycles. The fourth-order valence-electron chi connectivity index (χ4n) is 0.653. The Morgan fingerprint density at radius 2 is 1.07 bits per heavy atom. The summed E-state index contributed by atoms with van der Waals surface area (Å²) >= 11 is -0.868. The molecule has 0 spiro atoms. The van der Waals surface area contributed by atoms with Gasteiger partial charge in [-0.3, -0.25) is 4.79 Å². The number of rotatable bonds is 0. The van der Waals surface area contributed by atoms with E-state index in [2.05, 4.69) is 0 Å². The molecule has 1 heterocycles. The van der Waals surface area contributed by atoms with Crippen LogP contribution in [0.2, 0.25) is 0 Å². The van der Waals surface area contributed by atoms with Crippen LogP contribution in [-0.4, -0.2) is 0 Å². The maximum Gasteiger partial charge on any atom is 0.427 e. The number of hydrogen-bond acceptors (Lipinski definition) is 3. The van der Waals surface area contributed by atoms with Crippen molar-refractivity contribution in [3.63, 3.8) is 0 Å². The molecule has 0 aliphatic carbocycles. The van der Waals surface area contributed by atoms with Crippen LogP contribution in [0, 0.1) is 0 Å². The maximum atomic E-state index is 12.0. The van der Waals surface area contributed by atoms with Crippen molar-refractivity contribution in [1.29, 1.82) is 0 Å². The van der Waals surface area contributed by atoms with E-state index in [1.807, 2.05) is 0 Å². The minimum Gasteiger partial charge on any atom is -0.265 e. The van der Waals surface area contributed by atoms with Gasteiger partial charge in [-0.1, -0.05) is 22.7 Å². The second-order valence-corrected chi connectivity index (χ2v) is 4.33. The normalized spacial score (nSPS) is 13.3. The standard InChI is InChI=1S/C5F6OS2/c6-4(7,8)1-2(5(9,10)11)14-3(12)13-1. The number of alkyl halides is 6. The molecular formula is C5F6OS2. The van der Waals surface area contributed by atoms with Crippen molar-refractivity contribution < 1.29 is 26.3 Å². The Morgan fingerprint density at radius 3 is 1.29 bits per heavy atom. The minimum atomic E-state index is -5.13. The van der Waals surface area contributed by atoms with Crippen molar-refractivity contribution in [2.45, 2.75) is 12.4 Å². The summed E-state index contributed by atoms with van der Waals surface area (Å²) in [6, 6.07) is 0. The first-order valence-corrected chi connectivity index (χ1v) is 4.54. The highest BCUT2D eigenvalue weighted by Gasteiger charge is 2.46. The van der Waals surface area contributed by atoms with Crippen molar-refractivity contribution in [2.24, 2.45) is 0 Å². The van der Waals surface area contributed by atoms with Crippen LogP contribution in [0.5, 0.6) is 0 Å². The molecule has 80 valence electrons. The molecule has 0 bridgehead atoms. The molecule has 1 aromatic heterocycles. The smallest absolute Gasteiger partial charge is 0.265 e. The van der Waals surface area contributed by atoms with E-state index in [1.165, 1.54) is 0 Å². The first kappa shape index (κ1) is 11.5. The molecule has 0 saturated carbocycles. The molecule has 1 aromatic rings. The fourth-order valence-corrected chi connectivity index (χ4v) is 2.55. The SMILES string of the molecule is O=c1sc(C(F)(F)F)c(C(F)(F)F)s1. The van der Waals surface area contributed by atoms with Crippen LogP contribution in [0.15, 0.2) is 4.79 Å². The largest absolute Gasteiger partial charge is 0.427 e. The Bertz CT molecular complexity index is 348. The summed E-state index contributed by atoms with van der Waals surface area (Å²) in [4.78, 5) is 6.69. The first-order valence-electron chi connectivity index (χ1n) is 2.90. The number of halogens is 6. The highest BCUT2D eigenvalue weighted by molar-refractivity contribution is 7.27. The lowest BCUT2D eigenvalue weighted by Crippen LogP contribution is -2.12.